The molecular weight excluding hydrogens is 278 g/mol. The van der Waals surface area contributed by atoms with Crippen LogP contribution in [0.25, 0.3) is 0 Å². The monoisotopic (exact) mass is 293 g/mol. The van der Waals surface area contributed by atoms with E-state index in [1.807, 2.05) is 0 Å². The maximum atomic E-state index is 11.9. The van der Waals surface area contributed by atoms with Crippen molar-refractivity contribution >= 4 is 27.3 Å². The van der Waals surface area contributed by atoms with Crippen molar-refractivity contribution < 1.29 is 23.4 Å². The molecule has 1 heterocycles. The fraction of sp³-hybridized carbons (Fsp3) is 0.500. The van der Waals surface area contributed by atoms with E-state index in [0.29, 0.717) is 0 Å². The van der Waals surface area contributed by atoms with Crippen LogP contribution >= 0.6 is 11.3 Å². The zero-order valence-electron chi connectivity index (χ0n) is 10.0. The maximum Gasteiger partial charge on any atom is 0.347 e. The molecule has 18 heavy (non-hydrogen) atoms. The van der Waals surface area contributed by atoms with Crippen molar-refractivity contribution in [2.75, 3.05) is 13.2 Å². The first kappa shape index (κ1) is 15.1. The van der Waals surface area contributed by atoms with Gasteiger partial charge in [-0.1, -0.05) is 13.8 Å². The van der Waals surface area contributed by atoms with Gasteiger partial charge in [-0.05, 0) is 11.4 Å². The number of thiophene rings is 1. The molecule has 0 saturated carbocycles. The molecule has 8 heteroatoms. The quantitative estimate of drug-likeness (QED) is 0.718. The number of aliphatic hydroxyl groups excluding tert-OH is 1. The standard InChI is InChI=1S/C10H15NO5S2/c1-10(2,6-12)5-11-18(15,16)7-3-4-17-8(7)9(13)14/h3-4,11-12H,5-6H2,1-2H3,(H,13,14). The lowest BCUT2D eigenvalue weighted by molar-refractivity contribution is 0.0698. The van der Waals surface area contributed by atoms with E-state index in [2.05, 4.69) is 4.72 Å². The number of aromatic carboxylic acids is 1. The number of carbonyl (C=O) groups is 1. The number of sulfonamides is 1. The minimum atomic E-state index is -3.87. The second-order valence-electron chi connectivity index (χ2n) is 4.57. The highest BCUT2D eigenvalue weighted by atomic mass is 32.2. The van der Waals surface area contributed by atoms with Crippen LogP contribution in [0.15, 0.2) is 16.3 Å². The molecule has 1 aromatic rings. The van der Waals surface area contributed by atoms with Crippen LogP contribution in [0.1, 0.15) is 23.5 Å². The predicted octanol–water partition coefficient (Wildman–Crippen LogP) is 0.743. The SMILES string of the molecule is CC(C)(CO)CNS(=O)(=O)c1ccsc1C(=O)O. The largest absolute Gasteiger partial charge is 0.477 e. The Morgan fingerprint density at radius 3 is 2.61 bits per heavy atom. The van der Waals surface area contributed by atoms with E-state index in [0.717, 1.165) is 11.3 Å². The van der Waals surface area contributed by atoms with Crippen molar-refractivity contribution in [2.24, 2.45) is 5.41 Å². The second-order valence-corrected chi connectivity index (χ2v) is 7.22. The lowest BCUT2D eigenvalue weighted by Crippen LogP contribution is -2.36. The Kier molecular flexibility index (Phi) is 4.49. The molecule has 0 spiro atoms. The molecule has 0 atom stereocenters. The highest BCUT2D eigenvalue weighted by Gasteiger charge is 2.26. The second kappa shape index (κ2) is 5.35. The Labute approximate surface area is 109 Å². The van der Waals surface area contributed by atoms with Crippen molar-refractivity contribution in [1.29, 1.82) is 0 Å². The zero-order valence-corrected chi connectivity index (χ0v) is 11.6. The molecule has 3 N–H and O–H groups in total. The summed E-state index contributed by atoms with van der Waals surface area (Å²) in [7, 11) is -3.87. The van der Waals surface area contributed by atoms with Crippen LogP contribution in [0.2, 0.25) is 0 Å². The van der Waals surface area contributed by atoms with E-state index >= 15 is 0 Å². The van der Waals surface area contributed by atoms with Gasteiger partial charge >= 0.3 is 5.97 Å². The summed E-state index contributed by atoms with van der Waals surface area (Å²) in [6.07, 6.45) is 0. The third kappa shape index (κ3) is 3.52. The third-order valence-electron chi connectivity index (χ3n) is 2.28. The zero-order chi connectivity index (χ0) is 14.0. The van der Waals surface area contributed by atoms with Crippen LogP contribution in [0, 0.1) is 5.41 Å². The van der Waals surface area contributed by atoms with Gasteiger partial charge in [-0.3, -0.25) is 0 Å². The molecule has 0 unspecified atom stereocenters. The van der Waals surface area contributed by atoms with E-state index in [-0.39, 0.29) is 22.9 Å². The van der Waals surface area contributed by atoms with Gasteiger partial charge in [0.1, 0.15) is 9.77 Å². The van der Waals surface area contributed by atoms with Gasteiger partial charge in [-0.15, -0.1) is 11.3 Å². The molecule has 1 rings (SSSR count). The number of aliphatic hydroxyl groups is 1. The van der Waals surface area contributed by atoms with Gasteiger partial charge in [0.15, 0.2) is 0 Å². The lowest BCUT2D eigenvalue weighted by Gasteiger charge is -2.21. The first-order chi connectivity index (χ1) is 8.19. The molecule has 0 amide bonds. The van der Waals surface area contributed by atoms with Crippen molar-refractivity contribution in [3.63, 3.8) is 0 Å². The lowest BCUT2D eigenvalue weighted by atomic mass is 9.96. The average Bonchev–Trinajstić information content (AvgIpc) is 2.76. The van der Waals surface area contributed by atoms with Crippen LogP contribution in [0.4, 0.5) is 0 Å². The minimum absolute atomic E-state index is 0.0285. The molecular formula is C10H15NO5S2. The predicted molar refractivity (Wildman–Crippen MR) is 67.3 cm³/mol. The number of nitrogens with one attached hydrogen (secondary N) is 1. The van der Waals surface area contributed by atoms with Crippen molar-refractivity contribution in [3.05, 3.63) is 16.3 Å². The Hall–Kier alpha value is -0.960. The summed E-state index contributed by atoms with van der Waals surface area (Å²) in [6.45, 7) is 3.24. The normalized spacial score (nSPS) is 12.6. The van der Waals surface area contributed by atoms with Crippen LogP contribution in [0.3, 0.4) is 0 Å². The number of carboxylic acids is 1. The summed E-state index contributed by atoms with van der Waals surface area (Å²) < 4.78 is 26.2. The summed E-state index contributed by atoms with van der Waals surface area (Å²) >= 11 is 0.856. The van der Waals surface area contributed by atoms with Crippen LogP contribution in [-0.2, 0) is 10.0 Å². The molecule has 0 aliphatic heterocycles. The van der Waals surface area contributed by atoms with E-state index in [9.17, 15) is 13.2 Å². The smallest absolute Gasteiger partial charge is 0.347 e. The van der Waals surface area contributed by atoms with Gasteiger partial charge in [0.2, 0.25) is 10.0 Å². The number of carboxylic acid groups (broad SMARTS) is 1. The first-order valence-corrected chi connectivity index (χ1v) is 7.47. The Bertz CT molecular complexity index is 532. The highest BCUT2D eigenvalue weighted by Crippen LogP contribution is 2.22. The summed E-state index contributed by atoms with van der Waals surface area (Å²) in [5.74, 6) is -1.27. The molecule has 0 radical (unpaired) electrons. The van der Waals surface area contributed by atoms with Crippen molar-refractivity contribution in [2.45, 2.75) is 18.7 Å². The first-order valence-electron chi connectivity index (χ1n) is 5.11. The molecule has 6 nitrogen and oxygen atoms in total. The molecule has 0 aromatic carbocycles. The van der Waals surface area contributed by atoms with E-state index < -0.39 is 21.4 Å². The molecule has 0 bridgehead atoms. The molecule has 0 fully saturated rings. The Morgan fingerprint density at radius 2 is 2.11 bits per heavy atom. The summed E-state index contributed by atoms with van der Waals surface area (Å²) in [6, 6.07) is 1.25. The summed E-state index contributed by atoms with van der Waals surface area (Å²) in [5, 5.41) is 19.3. The fourth-order valence-electron chi connectivity index (χ4n) is 1.09. The number of hydrogen-bond donors (Lipinski definition) is 3. The topological polar surface area (TPSA) is 104 Å². The van der Waals surface area contributed by atoms with E-state index in [4.69, 9.17) is 10.2 Å². The van der Waals surface area contributed by atoms with Gasteiger partial charge in [0.25, 0.3) is 0 Å². The Balaban J connectivity index is 2.94. The van der Waals surface area contributed by atoms with Gasteiger partial charge < -0.3 is 10.2 Å². The van der Waals surface area contributed by atoms with Crippen LogP contribution < -0.4 is 4.72 Å². The van der Waals surface area contributed by atoms with Crippen molar-refractivity contribution in [3.8, 4) is 0 Å². The maximum absolute atomic E-state index is 11.9. The average molecular weight is 293 g/mol. The summed E-state index contributed by atoms with van der Waals surface area (Å²) in [4.78, 5) is 10.4. The summed E-state index contributed by atoms with van der Waals surface area (Å²) in [5.41, 5.74) is -0.605. The molecule has 0 aliphatic rings. The van der Waals surface area contributed by atoms with Crippen molar-refractivity contribution in [1.82, 2.24) is 4.72 Å². The van der Waals surface area contributed by atoms with Crippen LogP contribution in [0.5, 0.6) is 0 Å². The van der Waals surface area contributed by atoms with Gasteiger partial charge in [0, 0.05) is 18.6 Å². The molecule has 0 saturated heterocycles. The van der Waals surface area contributed by atoms with E-state index in [1.165, 1.54) is 11.4 Å². The molecule has 0 aliphatic carbocycles. The van der Waals surface area contributed by atoms with Gasteiger partial charge in [0.05, 0.1) is 0 Å². The van der Waals surface area contributed by atoms with Crippen LogP contribution in [-0.4, -0.2) is 37.8 Å². The third-order valence-corrected chi connectivity index (χ3v) is 4.76. The molecule has 1 aromatic heterocycles. The highest BCUT2D eigenvalue weighted by molar-refractivity contribution is 7.89. The van der Waals surface area contributed by atoms with Gasteiger partial charge in [-0.25, -0.2) is 17.9 Å². The minimum Gasteiger partial charge on any atom is -0.477 e. The Morgan fingerprint density at radius 1 is 1.50 bits per heavy atom. The number of rotatable bonds is 6. The molecule has 102 valence electrons. The number of hydrogen-bond acceptors (Lipinski definition) is 5. The fourth-order valence-corrected chi connectivity index (χ4v) is 3.59. The van der Waals surface area contributed by atoms with Gasteiger partial charge in [-0.2, -0.15) is 0 Å². The van der Waals surface area contributed by atoms with E-state index in [1.54, 1.807) is 13.8 Å².